The average molecular weight is 262 g/mol. The quantitative estimate of drug-likeness (QED) is 0.662. The minimum atomic E-state index is -0.994. The summed E-state index contributed by atoms with van der Waals surface area (Å²) in [5, 5.41) is 8.84. The molecular formula is C11H22N2O3S. The molecule has 0 aromatic rings. The van der Waals surface area contributed by atoms with Gasteiger partial charge in [-0.05, 0) is 26.0 Å². The highest BCUT2D eigenvalue weighted by Gasteiger charge is 2.32. The number of hydrogen-bond acceptors (Lipinski definition) is 4. The highest BCUT2D eigenvalue weighted by Crippen LogP contribution is 2.28. The van der Waals surface area contributed by atoms with E-state index < -0.39 is 16.8 Å². The van der Waals surface area contributed by atoms with Crippen LogP contribution in [0.4, 0.5) is 0 Å². The molecule has 0 spiro atoms. The van der Waals surface area contributed by atoms with E-state index >= 15 is 0 Å². The van der Waals surface area contributed by atoms with Gasteiger partial charge < -0.3 is 15.7 Å². The molecule has 0 aliphatic heterocycles. The van der Waals surface area contributed by atoms with Crippen molar-refractivity contribution in [1.29, 1.82) is 0 Å². The molecule has 0 aromatic heterocycles. The molecule has 0 fully saturated rings. The van der Waals surface area contributed by atoms with Crippen molar-refractivity contribution in [2.45, 2.75) is 37.5 Å². The summed E-state index contributed by atoms with van der Waals surface area (Å²) >= 11 is 1.49. The predicted molar refractivity (Wildman–Crippen MR) is 70.1 cm³/mol. The first kappa shape index (κ1) is 16.2. The Labute approximate surface area is 107 Å². The molecule has 0 saturated carbocycles. The molecule has 0 aromatic carbocycles. The van der Waals surface area contributed by atoms with Gasteiger partial charge in [-0.15, -0.1) is 0 Å². The first-order valence-electron chi connectivity index (χ1n) is 5.51. The number of carbonyl (C=O) groups is 2. The summed E-state index contributed by atoms with van der Waals surface area (Å²) in [7, 11) is 3.44. The maximum atomic E-state index is 11.3. The van der Waals surface area contributed by atoms with Crippen LogP contribution in [-0.4, -0.2) is 52.5 Å². The summed E-state index contributed by atoms with van der Waals surface area (Å²) in [6.07, 6.45) is 1.22. The molecule has 0 aliphatic rings. The van der Waals surface area contributed by atoms with Gasteiger partial charge in [0.15, 0.2) is 0 Å². The van der Waals surface area contributed by atoms with E-state index in [2.05, 4.69) is 0 Å². The lowest BCUT2D eigenvalue weighted by molar-refractivity contribution is -0.139. The van der Waals surface area contributed by atoms with Crippen LogP contribution in [0.25, 0.3) is 0 Å². The van der Waals surface area contributed by atoms with Gasteiger partial charge in [0.05, 0.1) is 0 Å². The average Bonchev–Trinajstić information content (AvgIpc) is 2.22. The zero-order valence-electron chi connectivity index (χ0n) is 10.9. The highest BCUT2D eigenvalue weighted by atomic mass is 32.2. The van der Waals surface area contributed by atoms with Crippen LogP contribution in [0.3, 0.4) is 0 Å². The molecule has 3 N–H and O–H groups in total. The van der Waals surface area contributed by atoms with Crippen molar-refractivity contribution >= 4 is 23.6 Å². The number of hydrogen-bond donors (Lipinski definition) is 2. The Bertz CT molecular complexity index is 280. The van der Waals surface area contributed by atoms with Crippen LogP contribution < -0.4 is 5.73 Å². The van der Waals surface area contributed by atoms with Crippen LogP contribution in [-0.2, 0) is 9.59 Å². The van der Waals surface area contributed by atoms with E-state index in [1.807, 2.05) is 13.8 Å². The van der Waals surface area contributed by atoms with E-state index in [1.54, 1.807) is 19.0 Å². The Morgan fingerprint density at radius 3 is 2.35 bits per heavy atom. The van der Waals surface area contributed by atoms with Gasteiger partial charge in [-0.1, -0.05) is 0 Å². The van der Waals surface area contributed by atoms with E-state index in [9.17, 15) is 9.59 Å². The molecule has 0 aliphatic carbocycles. The zero-order chi connectivity index (χ0) is 13.6. The second-order valence-corrected chi connectivity index (χ2v) is 6.41. The molecule has 0 rings (SSSR count). The normalized spacial score (nSPS) is 13.2. The third kappa shape index (κ3) is 5.93. The summed E-state index contributed by atoms with van der Waals surface area (Å²) in [4.78, 5) is 23.6. The molecule has 17 heavy (non-hydrogen) atoms. The Morgan fingerprint density at radius 1 is 1.41 bits per heavy atom. The summed E-state index contributed by atoms with van der Waals surface area (Å²) < 4.78 is -0.521. The molecule has 0 heterocycles. The number of aliphatic carboxylic acids is 1. The number of nitrogens with zero attached hydrogens (tertiary/aromatic N) is 1. The summed E-state index contributed by atoms with van der Waals surface area (Å²) in [6, 6.07) is -0.892. The number of carboxylic acids is 1. The van der Waals surface area contributed by atoms with Gasteiger partial charge in [-0.3, -0.25) is 9.59 Å². The van der Waals surface area contributed by atoms with E-state index in [0.717, 1.165) is 12.2 Å². The Balaban J connectivity index is 3.96. The number of carbonyl (C=O) groups excluding carboxylic acids is 1. The van der Waals surface area contributed by atoms with Crippen molar-refractivity contribution in [3.05, 3.63) is 0 Å². The van der Waals surface area contributed by atoms with Gasteiger partial charge in [-0.2, -0.15) is 11.8 Å². The number of rotatable bonds is 7. The first-order valence-corrected chi connectivity index (χ1v) is 6.49. The van der Waals surface area contributed by atoms with Crippen LogP contribution in [0, 0.1) is 0 Å². The number of carboxylic acid groups (broad SMARTS) is 1. The number of nitrogens with two attached hydrogens (primary N) is 1. The molecule has 1 atom stereocenters. The molecule has 6 heteroatoms. The largest absolute Gasteiger partial charge is 0.480 e. The molecular weight excluding hydrogens is 240 g/mol. The summed E-state index contributed by atoms with van der Waals surface area (Å²) in [6.45, 7) is 3.62. The fourth-order valence-corrected chi connectivity index (χ4v) is 2.26. The third-order valence-electron chi connectivity index (χ3n) is 2.52. The molecule has 0 bridgehead atoms. The van der Waals surface area contributed by atoms with Gasteiger partial charge >= 0.3 is 5.97 Å². The zero-order valence-corrected chi connectivity index (χ0v) is 11.7. The third-order valence-corrected chi connectivity index (χ3v) is 4.01. The van der Waals surface area contributed by atoms with Crippen molar-refractivity contribution in [2.75, 3.05) is 19.8 Å². The summed E-state index contributed by atoms with van der Waals surface area (Å²) in [5.41, 5.74) is 5.59. The van der Waals surface area contributed by atoms with Crippen molar-refractivity contribution in [3.8, 4) is 0 Å². The van der Waals surface area contributed by atoms with Crippen molar-refractivity contribution in [2.24, 2.45) is 5.73 Å². The standard InChI is InChI=1S/C11H22N2O3S/c1-11(2,9(12)10(15)16)17-7-5-6-8(14)13(3)4/h9H,5-7,12H2,1-4H3,(H,15,16)/t9-/m0/s1. The second-order valence-electron chi connectivity index (χ2n) is 4.66. The fourth-order valence-electron chi connectivity index (χ4n) is 1.17. The van der Waals surface area contributed by atoms with Crippen LogP contribution in [0.2, 0.25) is 0 Å². The fraction of sp³-hybridized carbons (Fsp3) is 0.818. The van der Waals surface area contributed by atoms with E-state index in [1.165, 1.54) is 11.8 Å². The SMILES string of the molecule is CN(C)C(=O)CCCSC(C)(C)[C@@H](N)C(=O)O. The van der Waals surface area contributed by atoms with Crippen molar-refractivity contribution in [1.82, 2.24) is 4.90 Å². The molecule has 0 unspecified atom stereocenters. The molecule has 100 valence electrons. The lowest BCUT2D eigenvalue weighted by Gasteiger charge is -2.27. The van der Waals surface area contributed by atoms with Crippen molar-refractivity contribution in [3.63, 3.8) is 0 Å². The lowest BCUT2D eigenvalue weighted by Crippen LogP contribution is -2.46. The minimum absolute atomic E-state index is 0.0888. The lowest BCUT2D eigenvalue weighted by atomic mass is 10.1. The molecule has 1 amide bonds. The highest BCUT2D eigenvalue weighted by molar-refractivity contribution is 8.00. The number of amides is 1. The van der Waals surface area contributed by atoms with Crippen LogP contribution in [0.5, 0.6) is 0 Å². The van der Waals surface area contributed by atoms with Crippen LogP contribution in [0.1, 0.15) is 26.7 Å². The van der Waals surface area contributed by atoms with Gasteiger partial charge in [0, 0.05) is 25.3 Å². The maximum absolute atomic E-state index is 11.3. The van der Waals surface area contributed by atoms with E-state index in [-0.39, 0.29) is 5.91 Å². The Morgan fingerprint density at radius 2 is 1.94 bits per heavy atom. The Kier molecular flexibility index (Phi) is 6.56. The van der Waals surface area contributed by atoms with Gasteiger partial charge in [-0.25, -0.2) is 0 Å². The monoisotopic (exact) mass is 262 g/mol. The van der Waals surface area contributed by atoms with E-state index in [4.69, 9.17) is 10.8 Å². The van der Waals surface area contributed by atoms with Gasteiger partial charge in [0.25, 0.3) is 0 Å². The molecule has 0 radical (unpaired) electrons. The topological polar surface area (TPSA) is 83.6 Å². The first-order chi connectivity index (χ1) is 7.68. The second kappa shape index (κ2) is 6.86. The smallest absolute Gasteiger partial charge is 0.321 e. The van der Waals surface area contributed by atoms with Crippen LogP contribution >= 0.6 is 11.8 Å². The molecule has 5 nitrogen and oxygen atoms in total. The van der Waals surface area contributed by atoms with Crippen molar-refractivity contribution < 1.29 is 14.7 Å². The minimum Gasteiger partial charge on any atom is -0.480 e. The van der Waals surface area contributed by atoms with Crippen LogP contribution in [0.15, 0.2) is 0 Å². The van der Waals surface area contributed by atoms with Gasteiger partial charge in [0.2, 0.25) is 5.91 Å². The Hall–Kier alpha value is -0.750. The predicted octanol–water partition coefficient (Wildman–Crippen LogP) is 0.778. The van der Waals surface area contributed by atoms with E-state index in [0.29, 0.717) is 6.42 Å². The summed E-state index contributed by atoms with van der Waals surface area (Å²) in [5.74, 6) is -0.175. The maximum Gasteiger partial charge on any atom is 0.321 e. The molecule has 0 saturated heterocycles. The number of thioether (sulfide) groups is 1. The van der Waals surface area contributed by atoms with Gasteiger partial charge in [0.1, 0.15) is 6.04 Å².